The van der Waals surface area contributed by atoms with E-state index in [9.17, 15) is 14.7 Å². The van der Waals surface area contributed by atoms with Crippen LogP contribution in [-0.4, -0.2) is 24.1 Å². The van der Waals surface area contributed by atoms with Gasteiger partial charge in [-0.25, -0.2) is 4.79 Å². The van der Waals surface area contributed by atoms with E-state index < -0.39 is 24.0 Å². The van der Waals surface area contributed by atoms with Gasteiger partial charge in [0, 0.05) is 22.2 Å². The number of nitrogens with one attached hydrogen (secondary N) is 1. The maximum Gasteiger partial charge on any atom is 0.330 e. The Morgan fingerprint density at radius 2 is 1.73 bits per heavy atom. The van der Waals surface area contributed by atoms with Crippen LogP contribution in [0.2, 0.25) is 10.0 Å². The Kier molecular flexibility index (Phi) is 7.21. The van der Waals surface area contributed by atoms with Gasteiger partial charge >= 0.3 is 5.97 Å². The maximum absolute atomic E-state index is 12.1. The van der Waals surface area contributed by atoms with Crippen LogP contribution >= 0.6 is 23.2 Å². The molecule has 0 aromatic heterocycles. The lowest BCUT2D eigenvalue weighted by molar-refractivity contribution is -0.135. The summed E-state index contributed by atoms with van der Waals surface area (Å²) in [7, 11) is 1.21. The molecule has 2 aromatic rings. The number of methoxy groups -OCH3 is 1. The third-order valence-electron chi connectivity index (χ3n) is 3.60. The van der Waals surface area contributed by atoms with Crippen LogP contribution < -0.4 is 5.32 Å². The van der Waals surface area contributed by atoms with E-state index >= 15 is 0 Å². The Morgan fingerprint density at radius 1 is 1.04 bits per heavy atom. The van der Waals surface area contributed by atoms with E-state index in [-0.39, 0.29) is 0 Å². The number of ether oxygens (including phenoxy) is 1. The van der Waals surface area contributed by atoms with Gasteiger partial charge in [0.15, 0.2) is 0 Å². The third kappa shape index (κ3) is 5.59. The summed E-state index contributed by atoms with van der Waals surface area (Å²) in [5.74, 6) is -1.21. The first-order valence-corrected chi connectivity index (χ1v) is 8.42. The van der Waals surface area contributed by atoms with E-state index in [2.05, 4.69) is 10.1 Å². The second-order valence-corrected chi connectivity index (χ2v) is 6.27. The Balaban J connectivity index is 2.29. The molecular formula is C19H17Cl2NO4. The zero-order chi connectivity index (χ0) is 19.1. The molecule has 2 rings (SSSR count). The SMILES string of the molecule is COC(=O)C=CC(=O)N[C@H](c1ccc(Cl)cc1)[C@@H](O)c1cccc(Cl)c1. The van der Waals surface area contributed by atoms with Crippen molar-refractivity contribution in [1.29, 1.82) is 0 Å². The summed E-state index contributed by atoms with van der Waals surface area (Å²) in [4.78, 5) is 23.3. The number of hydrogen-bond acceptors (Lipinski definition) is 4. The third-order valence-corrected chi connectivity index (χ3v) is 4.09. The molecule has 0 aliphatic heterocycles. The lowest BCUT2D eigenvalue weighted by atomic mass is 9.95. The Morgan fingerprint density at radius 3 is 2.35 bits per heavy atom. The van der Waals surface area contributed by atoms with Gasteiger partial charge in [-0.15, -0.1) is 0 Å². The van der Waals surface area contributed by atoms with Gasteiger partial charge in [0.2, 0.25) is 5.91 Å². The van der Waals surface area contributed by atoms with Gasteiger partial charge in [-0.2, -0.15) is 0 Å². The Labute approximate surface area is 161 Å². The molecule has 0 bridgehead atoms. The number of benzene rings is 2. The lowest BCUT2D eigenvalue weighted by Gasteiger charge is -2.25. The zero-order valence-electron chi connectivity index (χ0n) is 13.9. The topological polar surface area (TPSA) is 75.6 Å². The maximum atomic E-state index is 12.1. The first-order valence-electron chi connectivity index (χ1n) is 7.66. The highest BCUT2D eigenvalue weighted by atomic mass is 35.5. The number of rotatable bonds is 6. The number of carbonyl (C=O) groups is 2. The van der Waals surface area contributed by atoms with Crippen LogP contribution in [0.5, 0.6) is 0 Å². The fraction of sp³-hybridized carbons (Fsp3) is 0.158. The molecule has 136 valence electrons. The summed E-state index contributed by atoms with van der Waals surface area (Å²) in [5.41, 5.74) is 1.18. The van der Waals surface area contributed by atoms with Gasteiger partial charge in [0.1, 0.15) is 6.10 Å². The van der Waals surface area contributed by atoms with Crippen molar-refractivity contribution < 1.29 is 19.4 Å². The number of aliphatic hydroxyl groups is 1. The minimum atomic E-state index is -1.06. The van der Waals surface area contributed by atoms with Crippen molar-refractivity contribution in [3.8, 4) is 0 Å². The standard InChI is InChI=1S/C19H17Cl2NO4/c1-26-17(24)10-9-16(23)22-18(12-5-7-14(20)8-6-12)19(25)13-3-2-4-15(21)11-13/h2-11,18-19,25H,1H3,(H,22,23)/t18-,19+/m1/s1. The molecule has 0 aliphatic rings. The summed E-state index contributed by atoms with van der Waals surface area (Å²) < 4.78 is 4.45. The molecule has 0 saturated heterocycles. The van der Waals surface area contributed by atoms with Gasteiger partial charge in [-0.1, -0.05) is 47.5 Å². The quantitative estimate of drug-likeness (QED) is 0.580. The first-order chi connectivity index (χ1) is 12.4. The molecule has 7 heteroatoms. The Bertz CT molecular complexity index is 805. The van der Waals surface area contributed by atoms with Crippen LogP contribution in [0.4, 0.5) is 0 Å². The molecule has 26 heavy (non-hydrogen) atoms. The van der Waals surface area contributed by atoms with Crippen molar-refractivity contribution in [1.82, 2.24) is 5.32 Å². The van der Waals surface area contributed by atoms with Crippen molar-refractivity contribution in [3.05, 3.63) is 81.9 Å². The van der Waals surface area contributed by atoms with Gasteiger partial charge in [0.05, 0.1) is 13.2 Å². The lowest BCUT2D eigenvalue weighted by Crippen LogP contribution is -2.31. The molecule has 0 radical (unpaired) electrons. The van der Waals surface area contributed by atoms with Crippen molar-refractivity contribution >= 4 is 35.1 Å². The zero-order valence-corrected chi connectivity index (χ0v) is 15.4. The van der Waals surface area contributed by atoms with Crippen LogP contribution in [0.15, 0.2) is 60.7 Å². The van der Waals surface area contributed by atoms with E-state index in [0.717, 1.165) is 12.2 Å². The molecule has 0 spiro atoms. The van der Waals surface area contributed by atoms with Crippen LogP contribution in [0, 0.1) is 0 Å². The number of carbonyl (C=O) groups excluding carboxylic acids is 2. The highest BCUT2D eigenvalue weighted by Crippen LogP contribution is 2.30. The van der Waals surface area contributed by atoms with Crippen LogP contribution in [-0.2, 0) is 14.3 Å². The molecule has 0 heterocycles. The van der Waals surface area contributed by atoms with E-state index in [4.69, 9.17) is 23.2 Å². The molecule has 0 aliphatic carbocycles. The van der Waals surface area contributed by atoms with Gasteiger partial charge in [0.25, 0.3) is 0 Å². The van der Waals surface area contributed by atoms with Gasteiger partial charge < -0.3 is 15.2 Å². The van der Waals surface area contributed by atoms with Gasteiger partial charge in [-0.05, 0) is 35.4 Å². The van der Waals surface area contributed by atoms with E-state index in [1.165, 1.54) is 7.11 Å². The van der Waals surface area contributed by atoms with Crippen molar-refractivity contribution in [2.45, 2.75) is 12.1 Å². The molecule has 2 atom stereocenters. The number of amides is 1. The first kappa shape index (κ1) is 20.0. The van der Waals surface area contributed by atoms with E-state index in [1.807, 2.05) is 0 Å². The number of halogens is 2. The average Bonchev–Trinajstić information content (AvgIpc) is 2.64. The van der Waals surface area contributed by atoms with E-state index in [0.29, 0.717) is 21.2 Å². The van der Waals surface area contributed by atoms with Gasteiger partial charge in [-0.3, -0.25) is 4.79 Å². The summed E-state index contributed by atoms with van der Waals surface area (Å²) in [5, 5.41) is 14.5. The summed E-state index contributed by atoms with van der Waals surface area (Å²) in [6, 6.07) is 12.7. The predicted octanol–water partition coefficient (Wildman–Crippen LogP) is 3.61. The molecule has 2 N–H and O–H groups in total. The second-order valence-electron chi connectivity index (χ2n) is 5.39. The molecule has 5 nitrogen and oxygen atoms in total. The van der Waals surface area contributed by atoms with Crippen molar-refractivity contribution in [2.24, 2.45) is 0 Å². The number of hydrogen-bond donors (Lipinski definition) is 2. The molecule has 0 unspecified atom stereocenters. The molecule has 1 amide bonds. The highest BCUT2D eigenvalue weighted by molar-refractivity contribution is 6.30. The number of aliphatic hydroxyl groups excluding tert-OH is 1. The normalized spacial score (nSPS) is 13.2. The minimum absolute atomic E-state index is 0.466. The minimum Gasteiger partial charge on any atom is -0.466 e. The Hall–Kier alpha value is -2.34. The smallest absolute Gasteiger partial charge is 0.330 e. The molecule has 0 fully saturated rings. The van der Waals surface area contributed by atoms with Crippen LogP contribution in [0.1, 0.15) is 23.3 Å². The molecule has 2 aromatic carbocycles. The van der Waals surface area contributed by atoms with Crippen molar-refractivity contribution in [2.75, 3.05) is 7.11 Å². The number of esters is 1. The summed E-state index contributed by atoms with van der Waals surface area (Å²) in [6.45, 7) is 0. The fourth-order valence-corrected chi connectivity index (χ4v) is 2.64. The summed E-state index contributed by atoms with van der Waals surface area (Å²) >= 11 is 11.9. The summed E-state index contributed by atoms with van der Waals surface area (Å²) in [6.07, 6.45) is 0.977. The second kappa shape index (κ2) is 9.38. The average molecular weight is 394 g/mol. The molecular weight excluding hydrogens is 377 g/mol. The molecule has 0 saturated carbocycles. The highest BCUT2D eigenvalue weighted by Gasteiger charge is 2.24. The van der Waals surface area contributed by atoms with E-state index in [1.54, 1.807) is 48.5 Å². The fourth-order valence-electron chi connectivity index (χ4n) is 2.31. The predicted molar refractivity (Wildman–Crippen MR) is 99.9 cm³/mol. The van der Waals surface area contributed by atoms with Crippen LogP contribution in [0.25, 0.3) is 0 Å². The van der Waals surface area contributed by atoms with Crippen molar-refractivity contribution in [3.63, 3.8) is 0 Å². The van der Waals surface area contributed by atoms with Crippen LogP contribution in [0.3, 0.4) is 0 Å². The monoisotopic (exact) mass is 393 g/mol. The largest absolute Gasteiger partial charge is 0.466 e.